The molecule has 12 heteroatoms. The van der Waals surface area contributed by atoms with Crippen molar-refractivity contribution in [2.24, 2.45) is 11.8 Å². The zero-order valence-corrected chi connectivity index (χ0v) is 13.0. The van der Waals surface area contributed by atoms with E-state index in [4.69, 9.17) is 31.1 Å². The number of aliphatic hydroxyl groups excluding tert-OH is 2. The molecule has 0 fully saturated rings. The molecule has 8 N–H and O–H groups in total. The Hall–Kier alpha value is 1.10. The number of hydrogen-bond acceptors (Lipinski definition) is 9. The molecule has 0 atom stereocenters. The molecule has 0 amide bonds. The van der Waals surface area contributed by atoms with E-state index in [2.05, 4.69) is 37.1 Å². The average Bonchev–Trinajstić information content (AvgIpc) is 2.36. The molecular weight excluding hydrogens is 358 g/mol. The maximum Gasteiger partial charge on any atom is 2.00 e. The van der Waals surface area contributed by atoms with Crippen LogP contribution >= 0.6 is 0 Å². The number of aliphatic hydroxyl groups is 2. The van der Waals surface area contributed by atoms with Gasteiger partial charge in [0.1, 0.15) is 0 Å². The number of nitroso groups, excluding NO2 is 1. The smallest absolute Gasteiger partial charge is 0.790 e. The minimum Gasteiger partial charge on any atom is -0.790 e. The molecule has 0 aromatic carbocycles. The van der Waals surface area contributed by atoms with Crippen molar-refractivity contribution in [3.05, 3.63) is 17.9 Å². The van der Waals surface area contributed by atoms with Crippen LogP contribution in [0.2, 0.25) is 0 Å². The van der Waals surface area contributed by atoms with Crippen molar-refractivity contribution in [1.82, 2.24) is 0 Å². The third-order valence-corrected chi connectivity index (χ3v) is 0.548. The Bertz CT molecular complexity index is 52.7. The predicted octanol–water partition coefficient (Wildman–Crippen LogP) is -1.51. The summed E-state index contributed by atoms with van der Waals surface area (Å²) in [5.41, 5.74) is 5.75. The van der Waals surface area contributed by atoms with Gasteiger partial charge in [0.05, 0.1) is 0 Å². The van der Waals surface area contributed by atoms with Crippen LogP contribution in [0.3, 0.4) is 0 Å². The molecule has 0 bridgehead atoms. The first-order valence-corrected chi connectivity index (χ1v) is 4.06. The monoisotopic (exact) mass is 377 g/mol. The Balaban J connectivity index is -0.00000000992. The van der Waals surface area contributed by atoms with E-state index in [9.17, 15) is 0 Å². The number of hydrogen-bond donors (Lipinski definition) is 6. The van der Waals surface area contributed by atoms with E-state index in [-0.39, 0.29) is 54.8 Å². The summed E-state index contributed by atoms with van der Waals surface area (Å²) in [5, 5.41) is 28.5. The van der Waals surface area contributed by atoms with Gasteiger partial charge in [0.2, 0.25) is 0 Å². The molecule has 0 aromatic heterocycles. The largest absolute Gasteiger partial charge is 2.00 e. The van der Waals surface area contributed by atoms with E-state index < -0.39 is 0 Å². The van der Waals surface area contributed by atoms with Gasteiger partial charge in [-0.3, -0.25) is 0 Å². The van der Waals surface area contributed by atoms with Crippen LogP contribution in [0.1, 0.15) is 0 Å². The van der Waals surface area contributed by atoms with Gasteiger partial charge in [0.25, 0.3) is 0 Å². The second-order valence-corrected chi connectivity index (χ2v) is 1.67. The van der Waals surface area contributed by atoms with Gasteiger partial charge >= 0.3 is 17.1 Å². The fourth-order valence-electron chi connectivity index (χ4n) is 0. The topological polar surface area (TPSA) is 172 Å². The molecule has 0 aliphatic rings. The van der Waals surface area contributed by atoms with E-state index in [1.807, 2.05) is 0 Å². The van der Waals surface area contributed by atoms with E-state index in [0.717, 1.165) is 0 Å². The molecule has 114 valence electrons. The normalized spacial score (nSPS) is 4.47. The molecular formula is C5H19Fe2N3O5S2-2. The van der Waals surface area contributed by atoms with Gasteiger partial charge < -0.3 is 63.8 Å². The van der Waals surface area contributed by atoms with Gasteiger partial charge in [0, 0.05) is 30.3 Å². The van der Waals surface area contributed by atoms with Crippen molar-refractivity contribution in [2.75, 3.05) is 24.7 Å². The Morgan fingerprint density at radius 1 is 0.882 bits per heavy atom. The Morgan fingerprint density at radius 2 is 0.941 bits per heavy atom. The molecule has 0 spiro atoms. The van der Waals surface area contributed by atoms with E-state index >= 15 is 0 Å². The molecule has 0 aromatic rings. The fraction of sp³-hybridized carbons (Fsp3) is 0.800. The third kappa shape index (κ3) is 406. The van der Waals surface area contributed by atoms with Crippen LogP contribution in [-0.4, -0.2) is 45.3 Å². The molecule has 8 nitrogen and oxygen atoms in total. The summed E-state index contributed by atoms with van der Waals surface area (Å²) in [6.45, 7) is 0.269. The zero-order valence-electron chi connectivity index (χ0n) is 9.15. The number of nitrogens with zero attached hydrogens (tertiary/aromatic N) is 1. The molecule has 0 rings (SSSR count). The van der Waals surface area contributed by atoms with Crippen LogP contribution in [0, 0.1) is 12.3 Å². The first kappa shape index (κ1) is 51.9. The van der Waals surface area contributed by atoms with Crippen LogP contribution in [0.15, 0.2) is 0 Å². The summed E-state index contributed by atoms with van der Waals surface area (Å²) in [7, 11) is 0. The van der Waals surface area contributed by atoms with Crippen LogP contribution in [0.25, 0.3) is 5.59 Å². The van der Waals surface area contributed by atoms with Crippen LogP contribution in [0.4, 0.5) is 0 Å². The van der Waals surface area contributed by atoms with Crippen LogP contribution in [0.5, 0.6) is 0 Å². The van der Waals surface area contributed by atoms with E-state index in [0.29, 0.717) is 11.5 Å². The summed E-state index contributed by atoms with van der Waals surface area (Å²) in [4.78, 5) is 7.25. The SMILES string of the molecule is NO.NO.OCC[S-].OCC[S-].[CH3-].[Fe+2].[Fe].[N-]=O. The molecule has 17 heavy (non-hydrogen) atoms. The van der Waals surface area contributed by atoms with Crippen molar-refractivity contribution in [2.45, 2.75) is 0 Å². The van der Waals surface area contributed by atoms with Crippen molar-refractivity contribution >= 4 is 25.3 Å². The average molecular weight is 377 g/mol. The van der Waals surface area contributed by atoms with Crippen LogP contribution < -0.4 is 11.8 Å². The first-order chi connectivity index (χ1) is 6.83. The summed E-state index contributed by atoms with van der Waals surface area (Å²) in [5.74, 6) is 7.92. The maximum absolute atomic E-state index is 7.77. The number of nitrogens with two attached hydrogens (primary N) is 2. The van der Waals surface area contributed by atoms with Crippen molar-refractivity contribution in [3.8, 4) is 0 Å². The molecule has 0 saturated carbocycles. The van der Waals surface area contributed by atoms with Gasteiger partial charge in [-0.05, 0) is 0 Å². The standard InChI is InChI=1S/2C2H6OS.CH3.2Fe.2H3NO.NO/c2*3-1-2-4;;;;3*1-2/h2*3-4H,1-2H2;1H3;;;2*2H,1H2;/q;;-1;;+2;;;-1/p-2. The zero-order chi connectivity index (χ0) is 12.8. The molecule has 0 aliphatic carbocycles. The number of rotatable bonds is 2. The van der Waals surface area contributed by atoms with Gasteiger partial charge in [-0.15, -0.1) is 0 Å². The van der Waals surface area contributed by atoms with Crippen LogP contribution in [-0.2, 0) is 59.4 Å². The van der Waals surface area contributed by atoms with Crippen molar-refractivity contribution in [1.29, 1.82) is 0 Å². The molecule has 0 radical (unpaired) electrons. The van der Waals surface area contributed by atoms with Crippen molar-refractivity contribution in [3.63, 3.8) is 0 Å². The summed E-state index contributed by atoms with van der Waals surface area (Å²) in [6.07, 6.45) is 0. The quantitative estimate of drug-likeness (QED) is 0.145. The first-order valence-electron chi connectivity index (χ1n) is 2.91. The molecule has 0 heterocycles. The molecule has 0 unspecified atom stereocenters. The predicted molar refractivity (Wildman–Crippen MR) is 63.7 cm³/mol. The van der Waals surface area contributed by atoms with Gasteiger partial charge in [-0.2, -0.15) is 11.5 Å². The Morgan fingerprint density at radius 3 is 0.941 bits per heavy atom. The van der Waals surface area contributed by atoms with E-state index in [1.165, 1.54) is 0 Å². The third-order valence-electron chi connectivity index (χ3n) is 0.183. The van der Waals surface area contributed by atoms with E-state index in [1.54, 1.807) is 0 Å². The van der Waals surface area contributed by atoms with Gasteiger partial charge in [-0.25, -0.2) is 11.8 Å². The van der Waals surface area contributed by atoms with Crippen molar-refractivity contribution < 1.29 is 54.8 Å². The van der Waals surface area contributed by atoms with Gasteiger partial charge in [-0.1, -0.05) is 0 Å². The van der Waals surface area contributed by atoms with Gasteiger partial charge in [0.15, 0.2) is 0 Å². The summed E-state index contributed by atoms with van der Waals surface area (Å²) >= 11 is 8.61. The minimum atomic E-state index is 0. The molecule has 0 aliphatic heterocycles. The Kier molecular flexibility index (Phi) is 520. The maximum atomic E-state index is 7.77. The Labute approximate surface area is 134 Å². The minimum absolute atomic E-state index is 0. The fourth-order valence-corrected chi connectivity index (χ4v) is 0. The second-order valence-electron chi connectivity index (χ2n) is 0.855. The molecule has 0 saturated heterocycles. The second kappa shape index (κ2) is 170. The summed E-state index contributed by atoms with van der Waals surface area (Å²) < 4.78 is 0. The summed E-state index contributed by atoms with van der Waals surface area (Å²) in [6, 6.07) is 0.